The fourth-order valence-electron chi connectivity index (χ4n) is 1.21. The van der Waals surface area contributed by atoms with Crippen LogP contribution >= 0.6 is 11.6 Å². The summed E-state index contributed by atoms with van der Waals surface area (Å²) in [6.07, 6.45) is 0.959. The molecule has 0 spiro atoms. The smallest absolute Gasteiger partial charge is 0.0528 e. The zero-order chi connectivity index (χ0) is 9.52. The number of rotatable bonds is 4. The van der Waals surface area contributed by atoms with Gasteiger partial charge in [-0.1, -0.05) is 37.3 Å². The van der Waals surface area contributed by atoms with E-state index in [1.807, 2.05) is 18.2 Å². The van der Waals surface area contributed by atoms with Gasteiger partial charge in [-0.15, -0.1) is 11.6 Å². The lowest BCUT2D eigenvalue weighted by molar-refractivity contribution is 1.11. The first-order valence-electron chi connectivity index (χ1n) is 4.53. The van der Waals surface area contributed by atoms with Crippen LogP contribution in [0.2, 0.25) is 0 Å². The van der Waals surface area contributed by atoms with Crippen LogP contribution in [0.25, 0.3) is 0 Å². The molecule has 0 N–H and O–H groups in total. The largest absolute Gasteiger partial charge is 0.288 e. The van der Waals surface area contributed by atoms with E-state index in [-0.39, 0.29) is 0 Å². The van der Waals surface area contributed by atoms with Crippen molar-refractivity contribution >= 4 is 17.3 Å². The van der Waals surface area contributed by atoms with E-state index in [4.69, 9.17) is 11.6 Å². The van der Waals surface area contributed by atoms with Crippen LogP contribution in [-0.4, -0.2) is 18.1 Å². The first kappa shape index (κ1) is 10.3. The summed E-state index contributed by atoms with van der Waals surface area (Å²) >= 11 is 5.58. The van der Waals surface area contributed by atoms with Crippen molar-refractivity contribution in [1.82, 2.24) is 0 Å². The molecule has 1 aromatic carbocycles. The summed E-state index contributed by atoms with van der Waals surface area (Å²) in [5, 5.41) is 0. The Morgan fingerprint density at radius 2 is 2.00 bits per heavy atom. The van der Waals surface area contributed by atoms with Gasteiger partial charge in [0.05, 0.1) is 6.54 Å². The van der Waals surface area contributed by atoms with Gasteiger partial charge >= 0.3 is 0 Å². The Kier molecular flexibility index (Phi) is 4.55. The quantitative estimate of drug-likeness (QED) is 0.517. The van der Waals surface area contributed by atoms with Crippen LogP contribution in [0.1, 0.15) is 18.9 Å². The molecule has 0 aliphatic carbocycles. The van der Waals surface area contributed by atoms with Gasteiger partial charge in [0, 0.05) is 11.6 Å². The summed E-state index contributed by atoms with van der Waals surface area (Å²) in [6.45, 7) is 2.82. The molecule has 0 aliphatic rings. The Morgan fingerprint density at radius 3 is 2.54 bits per heavy atom. The molecule has 0 aliphatic heterocycles. The van der Waals surface area contributed by atoms with Gasteiger partial charge in [-0.3, -0.25) is 4.99 Å². The minimum atomic E-state index is 0.594. The zero-order valence-electron chi connectivity index (χ0n) is 7.83. The Morgan fingerprint density at radius 1 is 1.31 bits per heavy atom. The van der Waals surface area contributed by atoms with Crippen molar-refractivity contribution in [3.63, 3.8) is 0 Å². The number of hydrogen-bond acceptors (Lipinski definition) is 1. The Labute approximate surface area is 84.5 Å². The molecule has 70 valence electrons. The van der Waals surface area contributed by atoms with Crippen LogP contribution in [0.4, 0.5) is 0 Å². The van der Waals surface area contributed by atoms with E-state index in [1.54, 1.807) is 0 Å². The molecule has 0 saturated carbocycles. The summed E-state index contributed by atoms with van der Waals surface area (Å²) in [6, 6.07) is 10.2. The lowest BCUT2D eigenvalue weighted by Crippen LogP contribution is -2.00. The first-order chi connectivity index (χ1) is 6.38. The van der Waals surface area contributed by atoms with Gasteiger partial charge in [-0.05, 0) is 12.0 Å². The second-order valence-electron chi connectivity index (χ2n) is 2.74. The van der Waals surface area contributed by atoms with E-state index >= 15 is 0 Å². The first-order valence-corrected chi connectivity index (χ1v) is 5.06. The predicted octanol–water partition coefficient (Wildman–Crippen LogP) is 3.12. The van der Waals surface area contributed by atoms with Crippen LogP contribution in [-0.2, 0) is 0 Å². The average molecular weight is 196 g/mol. The standard InChI is InChI=1S/C11H14ClN/c1-2-11(13-9-8-12)10-6-4-3-5-7-10/h3-7H,2,8-9H2,1H3. The van der Waals surface area contributed by atoms with Crippen LogP contribution in [0.3, 0.4) is 0 Å². The van der Waals surface area contributed by atoms with Gasteiger partial charge in [0.1, 0.15) is 0 Å². The minimum absolute atomic E-state index is 0.594. The van der Waals surface area contributed by atoms with Crippen molar-refractivity contribution in [2.75, 3.05) is 12.4 Å². The maximum absolute atomic E-state index is 5.58. The van der Waals surface area contributed by atoms with Crippen molar-refractivity contribution in [3.8, 4) is 0 Å². The van der Waals surface area contributed by atoms with Crippen molar-refractivity contribution in [2.45, 2.75) is 13.3 Å². The highest BCUT2D eigenvalue weighted by Crippen LogP contribution is 2.04. The number of halogens is 1. The van der Waals surface area contributed by atoms with Crippen LogP contribution in [0.15, 0.2) is 35.3 Å². The summed E-state index contributed by atoms with van der Waals surface area (Å²) in [4.78, 5) is 4.42. The molecule has 0 bridgehead atoms. The van der Waals surface area contributed by atoms with Crippen molar-refractivity contribution in [3.05, 3.63) is 35.9 Å². The topological polar surface area (TPSA) is 12.4 Å². The number of alkyl halides is 1. The molecular formula is C11H14ClN. The summed E-state index contributed by atoms with van der Waals surface area (Å²) < 4.78 is 0. The van der Waals surface area contributed by atoms with Crippen LogP contribution in [0, 0.1) is 0 Å². The van der Waals surface area contributed by atoms with Gasteiger partial charge < -0.3 is 0 Å². The number of nitrogens with zero attached hydrogens (tertiary/aromatic N) is 1. The molecule has 0 atom stereocenters. The van der Waals surface area contributed by atoms with E-state index in [9.17, 15) is 0 Å². The van der Waals surface area contributed by atoms with E-state index in [0.29, 0.717) is 12.4 Å². The number of aliphatic imine (C=N–C) groups is 1. The van der Waals surface area contributed by atoms with Gasteiger partial charge in [0.25, 0.3) is 0 Å². The monoisotopic (exact) mass is 195 g/mol. The third-order valence-corrected chi connectivity index (χ3v) is 2.00. The third kappa shape index (κ3) is 3.19. The van der Waals surface area contributed by atoms with Gasteiger partial charge in [-0.2, -0.15) is 0 Å². The number of hydrogen-bond donors (Lipinski definition) is 0. The van der Waals surface area contributed by atoms with Gasteiger partial charge in [-0.25, -0.2) is 0 Å². The molecule has 0 heterocycles. The SMILES string of the molecule is CCC(=NCCCl)c1ccccc1. The fraction of sp³-hybridized carbons (Fsp3) is 0.364. The number of benzene rings is 1. The molecule has 0 aromatic heterocycles. The summed E-state index contributed by atoms with van der Waals surface area (Å²) in [5.74, 6) is 0.594. The highest BCUT2D eigenvalue weighted by Gasteiger charge is 1.97. The molecular weight excluding hydrogens is 182 g/mol. The lowest BCUT2D eigenvalue weighted by atomic mass is 10.1. The average Bonchev–Trinajstić information content (AvgIpc) is 2.21. The molecule has 2 heteroatoms. The Bertz CT molecular complexity index is 267. The predicted molar refractivity (Wildman–Crippen MR) is 58.9 cm³/mol. The lowest BCUT2D eigenvalue weighted by Gasteiger charge is -2.02. The highest BCUT2D eigenvalue weighted by atomic mass is 35.5. The van der Waals surface area contributed by atoms with Crippen molar-refractivity contribution in [1.29, 1.82) is 0 Å². The maximum Gasteiger partial charge on any atom is 0.0528 e. The second kappa shape index (κ2) is 5.76. The maximum atomic E-state index is 5.58. The minimum Gasteiger partial charge on any atom is -0.288 e. The summed E-state index contributed by atoms with van der Waals surface area (Å²) in [7, 11) is 0. The normalized spacial score (nSPS) is 11.7. The van der Waals surface area contributed by atoms with E-state index < -0.39 is 0 Å². The molecule has 0 unspecified atom stereocenters. The Balaban J connectivity index is 2.78. The van der Waals surface area contributed by atoms with E-state index in [0.717, 1.165) is 12.1 Å². The second-order valence-corrected chi connectivity index (χ2v) is 3.11. The van der Waals surface area contributed by atoms with Gasteiger partial charge in [0.15, 0.2) is 0 Å². The molecule has 1 aromatic rings. The molecule has 0 radical (unpaired) electrons. The van der Waals surface area contributed by atoms with E-state index in [2.05, 4.69) is 24.0 Å². The summed E-state index contributed by atoms with van der Waals surface area (Å²) in [5.41, 5.74) is 2.34. The third-order valence-electron chi connectivity index (χ3n) is 1.83. The van der Waals surface area contributed by atoms with Gasteiger partial charge in [0.2, 0.25) is 0 Å². The highest BCUT2D eigenvalue weighted by molar-refractivity contribution is 6.18. The Hall–Kier alpha value is -0.820. The zero-order valence-corrected chi connectivity index (χ0v) is 8.59. The van der Waals surface area contributed by atoms with Crippen LogP contribution < -0.4 is 0 Å². The molecule has 1 nitrogen and oxygen atoms in total. The van der Waals surface area contributed by atoms with Crippen LogP contribution in [0.5, 0.6) is 0 Å². The van der Waals surface area contributed by atoms with Crippen molar-refractivity contribution in [2.24, 2.45) is 4.99 Å². The van der Waals surface area contributed by atoms with Crippen molar-refractivity contribution < 1.29 is 0 Å². The van der Waals surface area contributed by atoms with E-state index in [1.165, 1.54) is 5.56 Å². The molecule has 0 fully saturated rings. The fourth-order valence-corrected chi connectivity index (χ4v) is 1.30. The molecule has 0 amide bonds. The molecule has 13 heavy (non-hydrogen) atoms. The molecule has 1 rings (SSSR count). The molecule has 0 saturated heterocycles.